The van der Waals surface area contributed by atoms with E-state index in [9.17, 15) is 0 Å². The van der Waals surface area contributed by atoms with Crippen molar-refractivity contribution in [2.75, 3.05) is 0 Å². The molecule has 24 heavy (non-hydrogen) atoms. The summed E-state index contributed by atoms with van der Waals surface area (Å²) in [7, 11) is 0. The molecule has 0 heterocycles. The van der Waals surface area contributed by atoms with Crippen LogP contribution in [0.1, 0.15) is 24.0 Å². The lowest BCUT2D eigenvalue weighted by Gasteiger charge is -2.16. The average Bonchev–Trinajstić information content (AvgIpc) is 3.33. The largest absolute Gasteiger partial charge is 0.0795 e. The Hall–Kier alpha value is -2.86. The summed E-state index contributed by atoms with van der Waals surface area (Å²) in [5, 5.41) is 0. The molecular formula is C24H18. The van der Waals surface area contributed by atoms with Crippen LogP contribution in [0.25, 0.3) is 5.57 Å². The van der Waals surface area contributed by atoms with Crippen LogP contribution in [-0.4, -0.2) is 0 Å². The Balaban J connectivity index is 1.85. The molecule has 2 aromatic carbocycles. The maximum atomic E-state index is 2.32. The van der Waals surface area contributed by atoms with Crippen molar-refractivity contribution in [2.45, 2.75) is 12.8 Å². The van der Waals surface area contributed by atoms with Gasteiger partial charge in [0.05, 0.1) is 0 Å². The molecule has 0 N–H and O–H groups in total. The summed E-state index contributed by atoms with van der Waals surface area (Å²) < 4.78 is 0. The van der Waals surface area contributed by atoms with Gasteiger partial charge >= 0.3 is 0 Å². The quantitative estimate of drug-likeness (QED) is 0.637. The van der Waals surface area contributed by atoms with Gasteiger partial charge in [-0.25, -0.2) is 0 Å². The predicted octanol–water partition coefficient (Wildman–Crippen LogP) is 6.02. The molecular weight excluding hydrogens is 288 g/mol. The van der Waals surface area contributed by atoms with Gasteiger partial charge in [0.2, 0.25) is 0 Å². The highest BCUT2D eigenvalue weighted by Crippen LogP contribution is 2.50. The van der Waals surface area contributed by atoms with E-state index in [-0.39, 0.29) is 0 Å². The topological polar surface area (TPSA) is 0 Å². The van der Waals surface area contributed by atoms with E-state index >= 15 is 0 Å². The third kappa shape index (κ3) is 1.93. The SMILES string of the molecule is C1=CC2=C(C1)C1=C(C=CC1)C2=C(c1ccccc1)c1ccccc1. The number of hydrogen-bond donors (Lipinski definition) is 0. The Kier molecular flexibility index (Phi) is 3.02. The van der Waals surface area contributed by atoms with E-state index in [1.807, 2.05) is 0 Å². The summed E-state index contributed by atoms with van der Waals surface area (Å²) in [5.74, 6) is 0. The molecule has 114 valence electrons. The van der Waals surface area contributed by atoms with Crippen LogP contribution < -0.4 is 0 Å². The molecule has 0 saturated heterocycles. The molecule has 0 nitrogen and oxygen atoms in total. The number of allylic oxidation sites excluding steroid dienone is 9. The molecule has 3 aliphatic rings. The van der Waals surface area contributed by atoms with Crippen molar-refractivity contribution in [2.24, 2.45) is 0 Å². The minimum absolute atomic E-state index is 1.08. The van der Waals surface area contributed by atoms with Crippen LogP contribution in [0.2, 0.25) is 0 Å². The molecule has 0 bridgehead atoms. The van der Waals surface area contributed by atoms with E-state index in [0.717, 1.165) is 12.8 Å². The third-order valence-electron chi connectivity index (χ3n) is 5.14. The van der Waals surface area contributed by atoms with Crippen molar-refractivity contribution in [1.29, 1.82) is 0 Å². The second-order valence-corrected chi connectivity index (χ2v) is 6.48. The maximum Gasteiger partial charge on any atom is -0.00211 e. The molecule has 0 heteroatoms. The normalized spacial score (nSPS) is 17.8. The number of hydrogen-bond acceptors (Lipinski definition) is 0. The Morgan fingerprint density at radius 1 is 0.583 bits per heavy atom. The first-order valence-corrected chi connectivity index (χ1v) is 8.59. The fourth-order valence-corrected chi connectivity index (χ4v) is 4.13. The molecule has 0 unspecified atom stereocenters. The van der Waals surface area contributed by atoms with E-state index in [1.54, 1.807) is 0 Å². The van der Waals surface area contributed by atoms with Crippen LogP contribution in [-0.2, 0) is 0 Å². The number of fused-ring (bicyclic) bond motifs is 1. The highest BCUT2D eigenvalue weighted by atomic mass is 14.4. The summed E-state index contributed by atoms with van der Waals surface area (Å²) in [6, 6.07) is 21.6. The predicted molar refractivity (Wildman–Crippen MR) is 100 cm³/mol. The zero-order valence-electron chi connectivity index (χ0n) is 13.5. The van der Waals surface area contributed by atoms with Gasteiger partial charge in [0.25, 0.3) is 0 Å². The second-order valence-electron chi connectivity index (χ2n) is 6.48. The molecule has 2 aromatic rings. The number of rotatable bonds is 2. The van der Waals surface area contributed by atoms with Gasteiger partial charge in [-0.15, -0.1) is 0 Å². The van der Waals surface area contributed by atoms with Crippen molar-refractivity contribution in [3.8, 4) is 0 Å². The van der Waals surface area contributed by atoms with Gasteiger partial charge in [-0.05, 0) is 57.4 Å². The van der Waals surface area contributed by atoms with Crippen LogP contribution in [0.4, 0.5) is 0 Å². The van der Waals surface area contributed by atoms with Crippen molar-refractivity contribution in [3.05, 3.63) is 124 Å². The van der Waals surface area contributed by atoms with Gasteiger partial charge < -0.3 is 0 Å². The Morgan fingerprint density at radius 3 is 1.50 bits per heavy atom. The fourth-order valence-electron chi connectivity index (χ4n) is 4.13. The van der Waals surface area contributed by atoms with Gasteiger partial charge in [0, 0.05) is 0 Å². The lowest BCUT2D eigenvalue weighted by atomic mass is 9.87. The monoisotopic (exact) mass is 306 g/mol. The maximum absolute atomic E-state index is 2.32. The standard InChI is InChI=1S/C24H18/c1-3-9-17(10-4-1)23(18-11-5-2-6-12-18)24-21-15-7-13-19(21)20-14-8-16-22(20)24/h1-12,15-16H,13-14H2. The summed E-state index contributed by atoms with van der Waals surface area (Å²) in [4.78, 5) is 0. The van der Waals surface area contributed by atoms with E-state index < -0.39 is 0 Å². The van der Waals surface area contributed by atoms with E-state index in [1.165, 1.54) is 44.6 Å². The Bertz CT molecular complexity index is 882. The van der Waals surface area contributed by atoms with Crippen LogP contribution in [0.15, 0.2) is 113 Å². The molecule has 0 amide bonds. The smallest absolute Gasteiger partial charge is 0.00211 e. The first-order chi connectivity index (χ1) is 11.9. The van der Waals surface area contributed by atoms with Gasteiger partial charge in [0.15, 0.2) is 0 Å². The Labute approximate surface area is 142 Å². The molecule has 0 aliphatic heterocycles. The van der Waals surface area contributed by atoms with Crippen LogP contribution in [0, 0.1) is 0 Å². The van der Waals surface area contributed by atoms with E-state index in [4.69, 9.17) is 0 Å². The van der Waals surface area contributed by atoms with E-state index in [2.05, 4.69) is 85.0 Å². The molecule has 0 aromatic heterocycles. The molecule has 0 saturated carbocycles. The lowest BCUT2D eigenvalue weighted by Crippen LogP contribution is -1.96. The average molecular weight is 306 g/mol. The minimum Gasteiger partial charge on any atom is -0.0795 e. The highest BCUT2D eigenvalue weighted by molar-refractivity contribution is 5.93. The summed E-state index contributed by atoms with van der Waals surface area (Å²) in [5.41, 5.74) is 11.3. The molecule has 0 spiro atoms. The van der Waals surface area contributed by atoms with Gasteiger partial charge in [-0.1, -0.05) is 85.0 Å². The zero-order chi connectivity index (χ0) is 15.9. The minimum atomic E-state index is 1.08. The van der Waals surface area contributed by atoms with Crippen LogP contribution >= 0.6 is 0 Å². The van der Waals surface area contributed by atoms with Crippen molar-refractivity contribution >= 4 is 5.57 Å². The summed E-state index contributed by atoms with van der Waals surface area (Å²) in [6.45, 7) is 0. The molecule has 0 radical (unpaired) electrons. The number of benzene rings is 2. The fraction of sp³-hybridized carbons (Fsp3) is 0.0833. The summed E-state index contributed by atoms with van der Waals surface area (Å²) >= 11 is 0. The first-order valence-electron chi connectivity index (χ1n) is 8.59. The van der Waals surface area contributed by atoms with Crippen LogP contribution in [0.3, 0.4) is 0 Å². The molecule has 3 aliphatic carbocycles. The second kappa shape index (κ2) is 5.35. The lowest BCUT2D eigenvalue weighted by molar-refractivity contribution is 1.18. The third-order valence-corrected chi connectivity index (χ3v) is 5.14. The highest BCUT2D eigenvalue weighted by Gasteiger charge is 2.32. The van der Waals surface area contributed by atoms with Gasteiger partial charge in [-0.2, -0.15) is 0 Å². The molecule has 0 fully saturated rings. The van der Waals surface area contributed by atoms with Crippen molar-refractivity contribution in [1.82, 2.24) is 0 Å². The molecule has 5 rings (SSSR count). The zero-order valence-corrected chi connectivity index (χ0v) is 13.5. The summed E-state index contributed by atoms with van der Waals surface area (Å²) in [6.07, 6.45) is 11.4. The van der Waals surface area contributed by atoms with Gasteiger partial charge in [0.1, 0.15) is 0 Å². The Morgan fingerprint density at radius 2 is 1.04 bits per heavy atom. The van der Waals surface area contributed by atoms with Crippen molar-refractivity contribution < 1.29 is 0 Å². The van der Waals surface area contributed by atoms with Crippen LogP contribution in [0.5, 0.6) is 0 Å². The van der Waals surface area contributed by atoms with E-state index in [0.29, 0.717) is 0 Å². The van der Waals surface area contributed by atoms with Crippen molar-refractivity contribution in [3.63, 3.8) is 0 Å². The first kappa shape index (κ1) is 13.6. The molecule has 0 atom stereocenters. The van der Waals surface area contributed by atoms with Gasteiger partial charge in [-0.3, -0.25) is 0 Å².